The number of hydrogen-bond acceptors (Lipinski definition) is 5. The Morgan fingerprint density at radius 1 is 1.77 bits per heavy atom. The van der Waals surface area contributed by atoms with Crippen molar-refractivity contribution in [3.8, 4) is 0 Å². The van der Waals surface area contributed by atoms with Gasteiger partial charge in [-0.1, -0.05) is 4.49 Å². The van der Waals surface area contributed by atoms with Gasteiger partial charge in [-0.05, 0) is 25.4 Å². The lowest BCUT2D eigenvalue weighted by Crippen LogP contribution is -2.48. The van der Waals surface area contributed by atoms with Crippen molar-refractivity contribution < 1.29 is 4.79 Å². The second-order valence-electron chi connectivity index (χ2n) is 3.33. The van der Waals surface area contributed by atoms with Crippen LogP contribution in [0.3, 0.4) is 0 Å². The molecule has 1 amide bonds. The van der Waals surface area contributed by atoms with Crippen molar-refractivity contribution in [2.45, 2.75) is 19.4 Å². The van der Waals surface area contributed by atoms with E-state index in [1.165, 1.54) is 0 Å². The van der Waals surface area contributed by atoms with Crippen LogP contribution in [0.15, 0.2) is 5.38 Å². The van der Waals surface area contributed by atoms with Gasteiger partial charge in [-0.25, -0.2) is 0 Å². The summed E-state index contributed by atoms with van der Waals surface area (Å²) in [4.78, 5) is 11.4. The zero-order valence-electron chi connectivity index (χ0n) is 7.57. The van der Waals surface area contributed by atoms with Crippen molar-refractivity contribution in [3.05, 3.63) is 11.1 Å². The highest BCUT2D eigenvalue weighted by molar-refractivity contribution is 7.03. The van der Waals surface area contributed by atoms with Crippen LogP contribution in [0.5, 0.6) is 0 Å². The minimum Gasteiger partial charge on any atom is -0.344 e. The summed E-state index contributed by atoms with van der Waals surface area (Å²) in [7, 11) is 0. The first-order chi connectivity index (χ1) is 6.05. The largest absolute Gasteiger partial charge is 0.344 e. The molecule has 0 atom stereocenters. The third-order valence-electron chi connectivity index (χ3n) is 1.55. The molecule has 0 aliphatic heterocycles. The summed E-state index contributed by atoms with van der Waals surface area (Å²) in [5.74, 6) is -0.232. The van der Waals surface area contributed by atoms with Crippen molar-refractivity contribution >= 4 is 17.4 Å². The zero-order chi connectivity index (χ0) is 9.90. The van der Waals surface area contributed by atoms with Crippen molar-refractivity contribution in [3.63, 3.8) is 0 Å². The molecule has 0 saturated carbocycles. The number of hydrogen-bond donors (Lipinski definition) is 2. The fourth-order valence-electron chi connectivity index (χ4n) is 0.686. The van der Waals surface area contributed by atoms with Crippen LogP contribution in [-0.4, -0.2) is 27.6 Å². The first kappa shape index (κ1) is 10.1. The number of carbonyl (C=O) groups excluding carboxylic acids is 1. The number of amides is 1. The smallest absolute Gasteiger partial charge is 0.273 e. The van der Waals surface area contributed by atoms with Crippen LogP contribution in [0.1, 0.15) is 24.3 Å². The highest BCUT2D eigenvalue weighted by Crippen LogP contribution is 2.02. The summed E-state index contributed by atoms with van der Waals surface area (Å²) in [6.07, 6.45) is 0. The molecule has 3 N–H and O–H groups in total. The topological polar surface area (TPSA) is 80.9 Å². The average molecular weight is 200 g/mol. The Labute approximate surface area is 80.5 Å². The zero-order valence-corrected chi connectivity index (χ0v) is 8.39. The number of nitrogens with two attached hydrogens (primary N) is 1. The summed E-state index contributed by atoms with van der Waals surface area (Å²) in [5.41, 5.74) is 5.40. The summed E-state index contributed by atoms with van der Waals surface area (Å²) in [6.45, 7) is 4.09. The average Bonchev–Trinajstić information content (AvgIpc) is 2.55. The van der Waals surface area contributed by atoms with E-state index < -0.39 is 5.54 Å². The predicted octanol–water partition coefficient (Wildman–Crippen LogP) is 0.00520. The molecule has 0 fully saturated rings. The highest BCUT2D eigenvalue weighted by Gasteiger charge is 2.20. The van der Waals surface area contributed by atoms with E-state index in [1.807, 2.05) is 13.8 Å². The Bertz CT molecular complexity index is 283. The minimum atomic E-state index is -0.402. The van der Waals surface area contributed by atoms with E-state index >= 15 is 0 Å². The van der Waals surface area contributed by atoms with Gasteiger partial charge in [-0.2, -0.15) is 0 Å². The third kappa shape index (κ3) is 2.74. The molecule has 0 spiro atoms. The van der Waals surface area contributed by atoms with Crippen LogP contribution in [-0.2, 0) is 0 Å². The molecular weight excluding hydrogens is 188 g/mol. The SMILES string of the molecule is CC(C)(CN)NC(=O)c1csnn1. The minimum absolute atomic E-state index is 0.232. The van der Waals surface area contributed by atoms with E-state index in [-0.39, 0.29) is 5.91 Å². The second-order valence-corrected chi connectivity index (χ2v) is 3.94. The van der Waals surface area contributed by atoms with Crippen molar-refractivity contribution in [1.29, 1.82) is 0 Å². The van der Waals surface area contributed by atoms with Gasteiger partial charge >= 0.3 is 0 Å². The van der Waals surface area contributed by atoms with E-state index in [0.717, 1.165) is 11.5 Å². The molecule has 1 rings (SSSR count). The lowest BCUT2D eigenvalue weighted by atomic mass is 10.1. The molecule has 0 bridgehead atoms. The molecule has 13 heavy (non-hydrogen) atoms. The van der Waals surface area contributed by atoms with Crippen LogP contribution < -0.4 is 11.1 Å². The Balaban J connectivity index is 2.61. The molecule has 1 aromatic heterocycles. The van der Waals surface area contributed by atoms with Crippen LogP contribution in [0.2, 0.25) is 0 Å². The molecule has 1 heterocycles. The van der Waals surface area contributed by atoms with Gasteiger partial charge in [0.05, 0.1) is 0 Å². The normalized spacial score (nSPS) is 11.3. The Morgan fingerprint density at radius 2 is 2.46 bits per heavy atom. The molecule has 0 radical (unpaired) electrons. The van der Waals surface area contributed by atoms with Crippen molar-refractivity contribution in [2.75, 3.05) is 6.54 Å². The molecule has 5 nitrogen and oxygen atoms in total. The molecule has 72 valence electrons. The Hall–Kier alpha value is -1.01. The van der Waals surface area contributed by atoms with Crippen molar-refractivity contribution in [2.24, 2.45) is 5.73 Å². The summed E-state index contributed by atoms with van der Waals surface area (Å²) in [5, 5.41) is 8.00. The molecule has 1 aromatic rings. The number of rotatable bonds is 3. The second kappa shape index (κ2) is 3.80. The molecule has 0 aliphatic carbocycles. The highest BCUT2D eigenvalue weighted by atomic mass is 32.1. The van der Waals surface area contributed by atoms with E-state index in [0.29, 0.717) is 12.2 Å². The van der Waals surface area contributed by atoms with E-state index in [2.05, 4.69) is 14.9 Å². The number of nitrogens with zero attached hydrogens (tertiary/aromatic N) is 2. The first-order valence-corrected chi connectivity index (χ1v) is 4.68. The van der Waals surface area contributed by atoms with Gasteiger partial charge < -0.3 is 11.1 Å². The van der Waals surface area contributed by atoms with E-state index in [9.17, 15) is 4.79 Å². The van der Waals surface area contributed by atoms with Gasteiger partial charge in [-0.3, -0.25) is 4.79 Å². The van der Waals surface area contributed by atoms with E-state index in [1.54, 1.807) is 5.38 Å². The fourth-order valence-corrected chi connectivity index (χ4v) is 1.12. The summed E-state index contributed by atoms with van der Waals surface area (Å²) < 4.78 is 3.60. The maximum Gasteiger partial charge on any atom is 0.273 e. The number of aromatic nitrogens is 2. The van der Waals surface area contributed by atoms with Crippen LogP contribution >= 0.6 is 11.5 Å². The lowest BCUT2D eigenvalue weighted by Gasteiger charge is -2.23. The first-order valence-electron chi connectivity index (χ1n) is 3.85. The Kier molecular flexibility index (Phi) is 2.94. The summed E-state index contributed by atoms with van der Waals surface area (Å²) in [6, 6.07) is 0. The monoisotopic (exact) mass is 200 g/mol. The van der Waals surface area contributed by atoms with Gasteiger partial charge in [-0.15, -0.1) is 5.10 Å². The van der Waals surface area contributed by atoms with Gasteiger partial charge in [0.15, 0.2) is 5.69 Å². The van der Waals surface area contributed by atoms with Gasteiger partial charge in [0, 0.05) is 17.5 Å². The predicted molar refractivity (Wildman–Crippen MR) is 50.5 cm³/mol. The van der Waals surface area contributed by atoms with Gasteiger partial charge in [0.2, 0.25) is 0 Å². The number of nitrogens with one attached hydrogen (secondary N) is 1. The molecule has 0 unspecified atom stereocenters. The summed E-state index contributed by atoms with van der Waals surface area (Å²) >= 11 is 1.15. The molecule has 0 aliphatic rings. The van der Waals surface area contributed by atoms with Crippen LogP contribution in [0, 0.1) is 0 Å². The number of carbonyl (C=O) groups is 1. The van der Waals surface area contributed by atoms with Gasteiger partial charge in [0.25, 0.3) is 5.91 Å². The molecular formula is C7H12N4OS. The quantitative estimate of drug-likeness (QED) is 0.720. The Morgan fingerprint density at radius 3 is 2.92 bits per heavy atom. The van der Waals surface area contributed by atoms with Gasteiger partial charge in [0.1, 0.15) is 0 Å². The van der Waals surface area contributed by atoms with E-state index in [4.69, 9.17) is 5.73 Å². The lowest BCUT2D eigenvalue weighted by molar-refractivity contribution is 0.0910. The molecule has 0 saturated heterocycles. The maximum absolute atomic E-state index is 11.4. The maximum atomic E-state index is 11.4. The molecule has 0 aromatic carbocycles. The van der Waals surface area contributed by atoms with Crippen LogP contribution in [0.4, 0.5) is 0 Å². The molecule has 6 heteroatoms. The third-order valence-corrected chi connectivity index (χ3v) is 2.06. The fraction of sp³-hybridized carbons (Fsp3) is 0.571. The van der Waals surface area contributed by atoms with Crippen molar-refractivity contribution in [1.82, 2.24) is 14.9 Å². The standard InChI is InChI=1S/C7H12N4OS/c1-7(2,4-8)9-6(12)5-3-13-11-10-5/h3H,4,8H2,1-2H3,(H,9,12). The van der Waals surface area contributed by atoms with Crippen LogP contribution in [0.25, 0.3) is 0 Å².